The molecule has 3 aromatic rings. The summed E-state index contributed by atoms with van der Waals surface area (Å²) in [6, 6.07) is 23.4. The smallest absolute Gasteiger partial charge is 0.344 e. The first-order valence-electron chi connectivity index (χ1n) is 11.1. The zero-order valence-corrected chi connectivity index (χ0v) is 22.3. The van der Waals surface area contributed by atoms with Crippen LogP contribution in [0.25, 0.3) is 6.08 Å². The van der Waals surface area contributed by atoms with Gasteiger partial charge in [-0.15, -0.1) is 0 Å². The van der Waals surface area contributed by atoms with Crippen LogP contribution in [0.3, 0.4) is 0 Å². The van der Waals surface area contributed by atoms with E-state index < -0.39 is 5.97 Å². The largest absolute Gasteiger partial charge is 0.506 e. The highest BCUT2D eigenvalue weighted by Crippen LogP contribution is 2.40. The second kappa shape index (κ2) is 11.6. The van der Waals surface area contributed by atoms with Gasteiger partial charge >= 0.3 is 5.97 Å². The number of aliphatic imine (C=N–C) groups is 1. The molecule has 0 fully saturated rings. The number of aryl methyl sites for hydroxylation is 1. The number of para-hydroxylation sites is 1. The molecule has 0 saturated carbocycles. The molecule has 7 heteroatoms. The van der Waals surface area contributed by atoms with Crippen molar-refractivity contribution in [1.29, 1.82) is 0 Å². The predicted octanol–water partition coefficient (Wildman–Crippen LogP) is 7.37. The van der Waals surface area contributed by atoms with E-state index in [0.29, 0.717) is 22.2 Å². The fraction of sp³-hybridized carbons (Fsp3) is 0.143. The van der Waals surface area contributed by atoms with E-state index in [9.17, 15) is 9.90 Å². The van der Waals surface area contributed by atoms with Crippen molar-refractivity contribution in [2.45, 2.75) is 20.5 Å². The number of carbonyl (C=O) groups excluding carboxylic acids is 1. The van der Waals surface area contributed by atoms with E-state index in [0.717, 1.165) is 20.4 Å². The summed E-state index contributed by atoms with van der Waals surface area (Å²) in [5.41, 5.74) is 3.95. The van der Waals surface area contributed by atoms with Gasteiger partial charge in [0.05, 0.1) is 20.8 Å². The highest BCUT2D eigenvalue weighted by Gasteiger charge is 2.33. The molecule has 0 bridgehead atoms. The lowest BCUT2D eigenvalue weighted by molar-refractivity contribution is -0.138. The van der Waals surface area contributed by atoms with Gasteiger partial charge in [0.25, 0.3) is 0 Å². The van der Waals surface area contributed by atoms with E-state index in [-0.39, 0.29) is 17.9 Å². The van der Waals surface area contributed by atoms with E-state index in [1.54, 1.807) is 6.92 Å². The van der Waals surface area contributed by atoms with Crippen LogP contribution in [0.4, 0.5) is 5.69 Å². The normalized spacial score (nSPS) is 15.6. The van der Waals surface area contributed by atoms with Gasteiger partial charge in [-0.25, -0.2) is 9.79 Å². The van der Waals surface area contributed by atoms with E-state index in [2.05, 4.69) is 46.6 Å². The molecule has 4 rings (SSSR count). The molecule has 1 aliphatic rings. The van der Waals surface area contributed by atoms with Crippen LogP contribution in [0.1, 0.15) is 23.6 Å². The average molecular weight is 597 g/mol. The van der Waals surface area contributed by atoms with Crippen LogP contribution in [0.2, 0.25) is 0 Å². The zero-order chi connectivity index (χ0) is 24.8. The molecule has 1 N–H and O–H groups in total. The predicted molar refractivity (Wildman–Crippen MR) is 150 cm³/mol. The minimum Gasteiger partial charge on any atom is -0.506 e. The minimum absolute atomic E-state index is 0.0831. The second-order valence-corrected chi connectivity index (χ2v) is 9.97. The topological polar surface area (TPSA) is 68.1 Å². The Labute approximate surface area is 222 Å². The molecule has 0 amide bonds. The second-order valence-electron chi connectivity index (χ2n) is 7.77. The Kier molecular flexibility index (Phi) is 8.30. The lowest BCUT2D eigenvalue weighted by Crippen LogP contribution is -2.12. The maximum Gasteiger partial charge on any atom is 0.344 e. The SMILES string of the molecule is CCOC(=O)C1=C(O)/C(=C/c2ccc(OCc3cccc(C)c3)c(I)c2)SC1=Nc1ccccc1. The van der Waals surface area contributed by atoms with Gasteiger partial charge in [0, 0.05) is 0 Å². The van der Waals surface area contributed by atoms with Gasteiger partial charge in [-0.05, 0) is 77.9 Å². The number of thioether (sulfide) groups is 1. The quantitative estimate of drug-likeness (QED) is 0.228. The van der Waals surface area contributed by atoms with Crippen molar-refractivity contribution in [1.82, 2.24) is 0 Å². The Bertz CT molecular complexity index is 1330. The van der Waals surface area contributed by atoms with Gasteiger partial charge in [0.15, 0.2) is 0 Å². The first-order valence-corrected chi connectivity index (χ1v) is 13.0. The summed E-state index contributed by atoms with van der Waals surface area (Å²) in [6.07, 6.45) is 1.83. The third kappa shape index (κ3) is 6.35. The maximum absolute atomic E-state index is 12.6. The van der Waals surface area contributed by atoms with Crippen LogP contribution in [-0.2, 0) is 16.1 Å². The van der Waals surface area contributed by atoms with Crippen molar-refractivity contribution >= 4 is 57.1 Å². The summed E-state index contributed by atoms with van der Waals surface area (Å²) < 4.78 is 12.1. The third-order valence-electron chi connectivity index (χ3n) is 5.09. The molecule has 1 aliphatic heterocycles. The number of benzene rings is 3. The molecule has 0 radical (unpaired) electrons. The number of esters is 1. The molecule has 0 aromatic heterocycles. The van der Waals surface area contributed by atoms with Crippen LogP contribution in [0.5, 0.6) is 5.75 Å². The van der Waals surface area contributed by atoms with Gasteiger partial charge < -0.3 is 14.6 Å². The van der Waals surface area contributed by atoms with E-state index in [1.807, 2.05) is 66.7 Å². The van der Waals surface area contributed by atoms with Crippen LogP contribution < -0.4 is 4.74 Å². The molecule has 0 spiro atoms. The molecular weight excluding hydrogens is 573 g/mol. The van der Waals surface area contributed by atoms with Crippen molar-refractivity contribution in [3.63, 3.8) is 0 Å². The molecule has 0 aliphatic carbocycles. The minimum atomic E-state index is -0.593. The molecular formula is C28H24INO4S. The molecule has 178 valence electrons. The number of nitrogens with zero attached hydrogens (tertiary/aromatic N) is 1. The molecule has 0 atom stereocenters. The van der Waals surface area contributed by atoms with Gasteiger partial charge in [-0.2, -0.15) is 0 Å². The fourth-order valence-electron chi connectivity index (χ4n) is 3.45. The summed E-state index contributed by atoms with van der Waals surface area (Å²) in [5, 5.41) is 11.3. The van der Waals surface area contributed by atoms with Gasteiger partial charge in [-0.3, -0.25) is 0 Å². The number of rotatable bonds is 7. The molecule has 1 heterocycles. The molecule has 0 saturated heterocycles. The van der Waals surface area contributed by atoms with E-state index in [4.69, 9.17) is 9.47 Å². The van der Waals surface area contributed by atoms with Crippen molar-refractivity contribution in [3.05, 3.63) is 109 Å². The van der Waals surface area contributed by atoms with Crippen molar-refractivity contribution in [2.75, 3.05) is 6.61 Å². The number of halogens is 1. The molecule has 5 nitrogen and oxygen atoms in total. The fourth-order valence-corrected chi connectivity index (χ4v) is 5.18. The maximum atomic E-state index is 12.6. The molecule has 35 heavy (non-hydrogen) atoms. The lowest BCUT2D eigenvalue weighted by Gasteiger charge is -2.10. The first kappa shape index (κ1) is 25.1. The Balaban J connectivity index is 1.58. The number of aliphatic hydroxyl groups excluding tert-OH is 1. The van der Waals surface area contributed by atoms with Crippen LogP contribution in [-0.4, -0.2) is 22.7 Å². The number of hydrogen-bond acceptors (Lipinski definition) is 6. The van der Waals surface area contributed by atoms with E-state index >= 15 is 0 Å². The lowest BCUT2D eigenvalue weighted by atomic mass is 10.1. The molecule has 3 aromatic carbocycles. The first-order chi connectivity index (χ1) is 16.9. The van der Waals surface area contributed by atoms with Crippen LogP contribution in [0, 0.1) is 10.5 Å². The highest BCUT2D eigenvalue weighted by molar-refractivity contribution is 14.1. The number of aliphatic hydroxyl groups is 1. The molecule has 0 unspecified atom stereocenters. The zero-order valence-electron chi connectivity index (χ0n) is 19.3. The van der Waals surface area contributed by atoms with E-state index in [1.165, 1.54) is 17.3 Å². The monoisotopic (exact) mass is 597 g/mol. The number of ether oxygens (including phenoxy) is 2. The van der Waals surface area contributed by atoms with Gasteiger partial charge in [0.1, 0.15) is 28.7 Å². The average Bonchev–Trinajstić information content (AvgIpc) is 3.13. The summed E-state index contributed by atoms with van der Waals surface area (Å²) in [7, 11) is 0. The van der Waals surface area contributed by atoms with Gasteiger partial charge in [-0.1, -0.05) is 65.9 Å². The summed E-state index contributed by atoms with van der Waals surface area (Å²) >= 11 is 3.48. The third-order valence-corrected chi connectivity index (χ3v) is 6.95. The number of hydrogen-bond donors (Lipinski definition) is 1. The van der Waals surface area contributed by atoms with Crippen LogP contribution in [0.15, 0.2) is 94.0 Å². The Hall–Kier alpha value is -3.04. The van der Waals surface area contributed by atoms with Crippen LogP contribution >= 0.6 is 34.4 Å². The Morgan fingerprint density at radius 2 is 1.89 bits per heavy atom. The highest BCUT2D eigenvalue weighted by atomic mass is 127. The Morgan fingerprint density at radius 3 is 2.60 bits per heavy atom. The van der Waals surface area contributed by atoms with Crippen molar-refractivity contribution < 1.29 is 19.4 Å². The van der Waals surface area contributed by atoms with Crippen molar-refractivity contribution in [2.24, 2.45) is 4.99 Å². The van der Waals surface area contributed by atoms with Gasteiger partial charge in [0.2, 0.25) is 0 Å². The summed E-state index contributed by atoms with van der Waals surface area (Å²) in [5.74, 6) is 0.0645. The standard InChI is InChI=1S/C28H24INO4S/c1-3-33-28(32)25-26(31)24(35-27(25)30-21-10-5-4-6-11-21)16-19-12-13-23(22(29)15-19)34-17-20-9-7-8-18(2)14-20/h4-16,31H,3,17H2,1-2H3/b24-16-,30-27?. The number of carbonyl (C=O) groups is 1. The summed E-state index contributed by atoms with van der Waals surface area (Å²) in [6.45, 7) is 4.48. The van der Waals surface area contributed by atoms with Crippen molar-refractivity contribution in [3.8, 4) is 5.75 Å². The summed E-state index contributed by atoms with van der Waals surface area (Å²) in [4.78, 5) is 17.7. The Morgan fingerprint density at radius 1 is 1.09 bits per heavy atom.